The lowest BCUT2D eigenvalue weighted by Gasteiger charge is -2.43. The van der Waals surface area contributed by atoms with Gasteiger partial charge in [0.25, 0.3) is 5.92 Å². The van der Waals surface area contributed by atoms with Crippen molar-refractivity contribution in [2.45, 2.75) is 62.6 Å². The summed E-state index contributed by atoms with van der Waals surface area (Å²) >= 11 is 0. The quantitative estimate of drug-likeness (QED) is 0.722. The van der Waals surface area contributed by atoms with Gasteiger partial charge in [-0.1, -0.05) is 12.1 Å². The zero-order chi connectivity index (χ0) is 23.0. The summed E-state index contributed by atoms with van der Waals surface area (Å²) in [6, 6.07) is 5.67. The van der Waals surface area contributed by atoms with E-state index >= 15 is 0 Å². The number of halogens is 2. The number of amides is 1. The molecule has 3 heterocycles. The molecule has 9 heteroatoms. The van der Waals surface area contributed by atoms with E-state index < -0.39 is 17.6 Å². The van der Waals surface area contributed by atoms with Crippen molar-refractivity contribution >= 4 is 11.9 Å². The number of aryl methyl sites for hydroxylation is 1. The standard InChI is InChI=1S/C24H26F2N4O3/c1-13-18(31)11-30(13)22-27-20(16-5-8-24(25,26)21(16)28-22)15-2-3-17-14(10-15)4-7-23(17)12-33-9-6-19(32)29-23/h2-3,10,13,18,31H,4-9,11-12H2,1H3,(H,29,32)/t13-,18+,23?/m0/s1. The van der Waals surface area contributed by atoms with Crippen molar-refractivity contribution < 1.29 is 23.4 Å². The average molecular weight is 456 g/mol. The highest BCUT2D eigenvalue weighted by Gasteiger charge is 2.46. The summed E-state index contributed by atoms with van der Waals surface area (Å²) < 4.78 is 35.1. The zero-order valence-electron chi connectivity index (χ0n) is 18.4. The number of alkyl halides is 2. The van der Waals surface area contributed by atoms with E-state index in [9.17, 15) is 18.7 Å². The molecule has 33 heavy (non-hydrogen) atoms. The summed E-state index contributed by atoms with van der Waals surface area (Å²) in [5.41, 5.74) is 3.18. The number of ether oxygens (including phenoxy) is 1. The van der Waals surface area contributed by atoms with Gasteiger partial charge in [0.15, 0.2) is 0 Å². The van der Waals surface area contributed by atoms with Gasteiger partial charge in [0.05, 0.1) is 36.6 Å². The monoisotopic (exact) mass is 456 g/mol. The van der Waals surface area contributed by atoms with Crippen LogP contribution in [0.25, 0.3) is 11.3 Å². The fourth-order valence-electron chi connectivity index (χ4n) is 5.59. The molecule has 4 aliphatic rings. The minimum atomic E-state index is -2.99. The van der Waals surface area contributed by atoms with E-state index in [2.05, 4.69) is 10.3 Å². The summed E-state index contributed by atoms with van der Waals surface area (Å²) in [6.07, 6.45) is 1.29. The topological polar surface area (TPSA) is 87.6 Å². The predicted molar refractivity (Wildman–Crippen MR) is 116 cm³/mol. The van der Waals surface area contributed by atoms with E-state index in [1.165, 1.54) is 0 Å². The van der Waals surface area contributed by atoms with Gasteiger partial charge >= 0.3 is 0 Å². The van der Waals surface area contributed by atoms with Crippen LogP contribution in [0.1, 0.15) is 48.6 Å². The first kappa shape index (κ1) is 20.9. The van der Waals surface area contributed by atoms with Gasteiger partial charge in [-0.3, -0.25) is 4.79 Å². The van der Waals surface area contributed by atoms with Crippen LogP contribution in [0, 0.1) is 0 Å². The molecule has 2 aromatic rings. The molecule has 1 unspecified atom stereocenters. The first-order valence-electron chi connectivity index (χ1n) is 11.5. The fourth-order valence-corrected chi connectivity index (χ4v) is 5.59. The molecule has 7 nitrogen and oxygen atoms in total. The Kier molecular flexibility index (Phi) is 4.55. The Bertz CT molecular complexity index is 1160. The molecular formula is C24H26F2N4O3. The smallest absolute Gasteiger partial charge is 0.290 e. The van der Waals surface area contributed by atoms with Crippen LogP contribution in [0.4, 0.5) is 14.7 Å². The summed E-state index contributed by atoms with van der Waals surface area (Å²) in [6.45, 7) is 3.01. The van der Waals surface area contributed by atoms with Crippen molar-refractivity contribution in [2.75, 3.05) is 24.7 Å². The highest BCUT2D eigenvalue weighted by atomic mass is 19.3. The number of aliphatic hydroxyl groups is 1. The Morgan fingerprint density at radius 2 is 2.06 bits per heavy atom. The molecule has 0 saturated carbocycles. The number of aliphatic hydroxyl groups excluding tert-OH is 1. The molecule has 2 N–H and O–H groups in total. The van der Waals surface area contributed by atoms with Gasteiger partial charge in [0, 0.05) is 30.5 Å². The lowest BCUT2D eigenvalue weighted by atomic mass is 9.91. The highest BCUT2D eigenvalue weighted by Crippen LogP contribution is 2.46. The SMILES string of the molecule is C[C@H]1[C@H](O)CN1c1nc(-c2ccc3c(c2)CCC32COCCC(=O)N2)c2c(n1)C(F)(F)CC2. The summed E-state index contributed by atoms with van der Waals surface area (Å²) in [7, 11) is 0. The molecule has 3 atom stereocenters. The van der Waals surface area contributed by atoms with Gasteiger partial charge < -0.3 is 20.1 Å². The molecule has 2 aliphatic heterocycles. The number of benzene rings is 1. The third kappa shape index (κ3) is 3.16. The van der Waals surface area contributed by atoms with Crippen molar-refractivity contribution in [2.24, 2.45) is 0 Å². The molecule has 1 aromatic heterocycles. The first-order valence-corrected chi connectivity index (χ1v) is 11.5. The van der Waals surface area contributed by atoms with Gasteiger partial charge in [-0.15, -0.1) is 0 Å². The van der Waals surface area contributed by atoms with Crippen LogP contribution in [0.3, 0.4) is 0 Å². The molecule has 1 aromatic carbocycles. The van der Waals surface area contributed by atoms with E-state index in [4.69, 9.17) is 9.72 Å². The van der Waals surface area contributed by atoms with Gasteiger partial charge in [-0.05, 0) is 43.4 Å². The maximum absolute atomic E-state index is 14.7. The second-order valence-electron chi connectivity index (χ2n) is 9.67. The van der Waals surface area contributed by atoms with Crippen LogP contribution >= 0.6 is 0 Å². The van der Waals surface area contributed by atoms with Crippen LogP contribution in [-0.2, 0) is 33.8 Å². The van der Waals surface area contributed by atoms with Gasteiger partial charge in [0.1, 0.15) is 5.69 Å². The number of carbonyl (C=O) groups is 1. The molecule has 174 valence electrons. The van der Waals surface area contributed by atoms with E-state index in [0.29, 0.717) is 37.4 Å². The summed E-state index contributed by atoms with van der Waals surface area (Å²) in [5.74, 6) is -2.77. The van der Waals surface area contributed by atoms with E-state index in [-0.39, 0.29) is 36.4 Å². The number of nitrogens with one attached hydrogen (secondary N) is 1. The number of hydrogen-bond acceptors (Lipinski definition) is 6. The second kappa shape index (κ2) is 7.17. The highest BCUT2D eigenvalue weighted by molar-refractivity contribution is 5.78. The van der Waals surface area contributed by atoms with E-state index in [1.54, 1.807) is 4.90 Å². The Morgan fingerprint density at radius 1 is 1.21 bits per heavy atom. The largest absolute Gasteiger partial charge is 0.389 e. The maximum Gasteiger partial charge on any atom is 0.290 e. The number of aromatic nitrogens is 2. The molecular weight excluding hydrogens is 430 g/mol. The predicted octanol–water partition coefficient (Wildman–Crippen LogP) is 2.43. The van der Waals surface area contributed by atoms with Crippen molar-refractivity contribution in [3.8, 4) is 11.3 Å². The third-order valence-corrected chi connectivity index (χ3v) is 7.64. The summed E-state index contributed by atoms with van der Waals surface area (Å²) in [4.78, 5) is 22.9. The molecule has 1 amide bonds. The molecule has 2 aliphatic carbocycles. The van der Waals surface area contributed by atoms with Crippen molar-refractivity contribution in [1.82, 2.24) is 15.3 Å². The first-order chi connectivity index (χ1) is 15.8. The molecule has 2 saturated heterocycles. The van der Waals surface area contributed by atoms with Crippen LogP contribution in [0.15, 0.2) is 18.2 Å². The van der Waals surface area contributed by atoms with Crippen molar-refractivity contribution in [3.05, 3.63) is 40.6 Å². The number of anilines is 1. The van der Waals surface area contributed by atoms with E-state index in [1.807, 2.05) is 25.1 Å². The number of rotatable bonds is 2. The average Bonchev–Trinajstić information content (AvgIpc) is 3.22. The van der Waals surface area contributed by atoms with Crippen molar-refractivity contribution in [3.63, 3.8) is 0 Å². The lowest BCUT2D eigenvalue weighted by Crippen LogP contribution is -2.59. The third-order valence-electron chi connectivity index (χ3n) is 7.64. The molecule has 2 fully saturated rings. The molecule has 6 rings (SSSR count). The Labute approximate surface area is 190 Å². The van der Waals surface area contributed by atoms with Crippen LogP contribution < -0.4 is 10.2 Å². The number of fused-ring (bicyclic) bond motifs is 3. The minimum absolute atomic E-state index is 0.0178. The number of β-amino-alcohol motifs (C(OH)–C–C–N with tert-alkyl or cyclic N) is 1. The molecule has 1 spiro atoms. The Morgan fingerprint density at radius 3 is 2.85 bits per heavy atom. The Balaban J connectivity index is 1.43. The van der Waals surface area contributed by atoms with Crippen molar-refractivity contribution in [1.29, 1.82) is 0 Å². The zero-order valence-corrected chi connectivity index (χ0v) is 18.4. The molecule has 0 radical (unpaired) electrons. The second-order valence-corrected chi connectivity index (χ2v) is 9.67. The molecule has 0 bridgehead atoms. The summed E-state index contributed by atoms with van der Waals surface area (Å²) in [5, 5.41) is 13.1. The van der Waals surface area contributed by atoms with Gasteiger partial charge in [-0.2, -0.15) is 8.78 Å². The van der Waals surface area contributed by atoms with Gasteiger partial charge in [0.2, 0.25) is 11.9 Å². The van der Waals surface area contributed by atoms with Crippen LogP contribution in [-0.4, -0.2) is 52.9 Å². The Hall–Kier alpha value is -2.65. The maximum atomic E-state index is 14.7. The number of carbonyl (C=O) groups excluding carboxylic acids is 1. The van der Waals surface area contributed by atoms with E-state index in [0.717, 1.165) is 29.5 Å². The normalized spacial score (nSPS) is 29.9. The number of hydrogen-bond donors (Lipinski definition) is 2. The van der Waals surface area contributed by atoms with Gasteiger partial charge in [-0.25, -0.2) is 9.97 Å². The fraction of sp³-hybridized carbons (Fsp3) is 0.542. The lowest BCUT2D eigenvalue weighted by molar-refractivity contribution is -0.122. The van der Waals surface area contributed by atoms with Crippen LogP contribution in [0.2, 0.25) is 0 Å². The number of nitrogens with zero attached hydrogens (tertiary/aromatic N) is 3. The minimum Gasteiger partial charge on any atom is -0.389 e. The van der Waals surface area contributed by atoms with Crippen LogP contribution in [0.5, 0.6) is 0 Å².